The Morgan fingerprint density at radius 2 is 1.89 bits per heavy atom. The van der Waals surface area contributed by atoms with E-state index in [4.69, 9.17) is 0 Å². The molecule has 1 saturated heterocycles. The second kappa shape index (κ2) is 7.43. The number of halogens is 1. The highest BCUT2D eigenvalue weighted by atomic mass is 19.1. The molecule has 2 heterocycles. The molecule has 0 saturated carbocycles. The zero-order valence-corrected chi connectivity index (χ0v) is 15.3. The van der Waals surface area contributed by atoms with Gasteiger partial charge in [0, 0.05) is 31.9 Å². The lowest BCUT2D eigenvalue weighted by Gasteiger charge is -2.49. The van der Waals surface area contributed by atoms with Gasteiger partial charge >= 0.3 is 0 Å². The number of nitrogens with one attached hydrogen (secondary N) is 1. The fourth-order valence-electron chi connectivity index (χ4n) is 4.29. The van der Waals surface area contributed by atoms with Crippen molar-refractivity contribution in [2.75, 3.05) is 36.0 Å². The van der Waals surface area contributed by atoms with Crippen LogP contribution in [0.1, 0.15) is 5.56 Å². The molecular formula is C22H24FN3O. The Labute approximate surface area is 159 Å². The van der Waals surface area contributed by atoms with Gasteiger partial charge in [0.2, 0.25) is 5.91 Å². The molecule has 2 aromatic rings. The molecule has 4 nitrogen and oxygen atoms in total. The summed E-state index contributed by atoms with van der Waals surface area (Å²) in [5.74, 6) is -0.348. The maximum absolute atomic E-state index is 14.3. The molecule has 2 aliphatic rings. The fourth-order valence-corrected chi connectivity index (χ4v) is 4.29. The van der Waals surface area contributed by atoms with Gasteiger partial charge in [0.05, 0.1) is 17.6 Å². The zero-order chi connectivity index (χ0) is 18.8. The number of carbonyl (C=O) groups excluding carboxylic acids is 1. The molecular weight excluding hydrogens is 341 g/mol. The molecule has 0 aromatic heterocycles. The Hall–Kier alpha value is -2.82. The van der Waals surface area contributed by atoms with E-state index in [0.29, 0.717) is 25.2 Å². The summed E-state index contributed by atoms with van der Waals surface area (Å²) in [4.78, 5) is 17.2. The summed E-state index contributed by atoms with van der Waals surface area (Å²) in [6.45, 7) is 6.26. The Bertz CT molecular complexity index is 853. The monoisotopic (exact) mass is 365 g/mol. The number of amides is 1. The molecule has 0 radical (unpaired) electrons. The third-order valence-electron chi connectivity index (χ3n) is 5.57. The van der Waals surface area contributed by atoms with E-state index in [1.54, 1.807) is 12.1 Å². The van der Waals surface area contributed by atoms with Crippen molar-refractivity contribution in [2.45, 2.75) is 12.5 Å². The number of anilines is 2. The van der Waals surface area contributed by atoms with E-state index < -0.39 is 0 Å². The van der Waals surface area contributed by atoms with E-state index in [-0.39, 0.29) is 23.7 Å². The van der Waals surface area contributed by atoms with Gasteiger partial charge in [-0.2, -0.15) is 0 Å². The summed E-state index contributed by atoms with van der Waals surface area (Å²) in [5, 5.41) is 2.96. The second-order valence-electron chi connectivity index (χ2n) is 7.13. The number of hydrogen-bond acceptors (Lipinski definition) is 3. The van der Waals surface area contributed by atoms with Gasteiger partial charge in [-0.25, -0.2) is 4.39 Å². The summed E-state index contributed by atoms with van der Waals surface area (Å²) < 4.78 is 14.3. The number of nitrogens with zero attached hydrogens (tertiary/aromatic N) is 2. The molecule has 27 heavy (non-hydrogen) atoms. The van der Waals surface area contributed by atoms with E-state index in [0.717, 1.165) is 13.1 Å². The number of fused-ring (bicyclic) bond motifs is 3. The first kappa shape index (κ1) is 17.6. The highest BCUT2D eigenvalue weighted by molar-refractivity contribution is 5.82. The van der Waals surface area contributed by atoms with Gasteiger partial charge in [-0.3, -0.25) is 4.79 Å². The number of piperazine rings is 1. The normalized spacial score (nSPS) is 21.2. The largest absolute Gasteiger partial charge is 0.365 e. The molecule has 2 atom stereocenters. The molecule has 1 N–H and O–H groups in total. The molecule has 1 amide bonds. The van der Waals surface area contributed by atoms with Gasteiger partial charge in [0.25, 0.3) is 0 Å². The van der Waals surface area contributed by atoms with Gasteiger partial charge < -0.3 is 15.1 Å². The van der Waals surface area contributed by atoms with Gasteiger partial charge in [0.15, 0.2) is 0 Å². The van der Waals surface area contributed by atoms with Crippen molar-refractivity contribution in [2.24, 2.45) is 5.92 Å². The van der Waals surface area contributed by atoms with Crippen LogP contribution in [-0.2, 0) is 11.2 Å². The van der Waals surface area contributed by atoms with Crippen molar-refractivity contribution in [1.82, 2.24) is 5.32 Å². The predicted molar refractivity (Wildman–Crippen MR) is 107 cm³/mol. The van der Waals surface area contributed by atoms with Crippen molar-refractivity contribution in [1.29, 1.82) is 0 Å². The van der Waals surface area contributed by atoms with Gasteiger partial charge in [-0.1, -0.05) is 36.4 Å². The third-order valence-corrected chi connectivity index (χ3v) is 5.57. The first-order chi connectivity index (χ1) is 13.2. The lowest BCUT2D eigenvalue weighted by molar-refractivity contribution is -0.125. The summed E-state index contributed by atoms with van der Waals surface area (Å²) >= 11 is 0. The van der Waals surface area contributed by atoms with E-state index in [2.05, 4.69) is 33.8 Å². The predicted octanol–water partition coefficient (Wildman–Crippen LogP) is 3.00. The molecule has 0 bridgehead atoms. The van der Waals surface area contributed by atoms with Crippen molar-refractivity contribution in [3.05, 3.63) is 72.6 Å². The number of para-hydroxylation sites is 2. The van der Waals surface area contributed by atoms with Crippen LogP contribution < -0.4 is 15.1 Å². The smallest absolute Gasteiger partial charge is 0.225 e. The minimum absolute atomic E-state index is 0.0121. The number of rotatable bonds is 4. The highest BCUT2D eigenvalue weighted by Gasteiger charge is 2.41. The summed E-state index contributed by atoms with van der Waals surface area (Å²) in [6, 6.07) is 15.2. The van der Waals surface area contributed by atoms with Crippen LogP contribution in [0.4, 0.5) is 15.8 Å². The van der Waals surface area contributed by atoms with Gasteiger partial charge in [-0.05, 0) is 30.2 Å². The number of carbonyl (C=O) groups is 1. The minimum Gasteiger partial charge on any atom is -0.365 e. The quantitative estimate of drug-likeness (QED) is 0.846. The molecule has 1 fully saturated rings. The molecule has 0 aliphatic carbocycles. The minimum atomic E-state index is -0.213. The van der Waals surface area contributed by atoms with Crippen molar-refractivity contribution < 1.29 is 9.18 Å². The topological polar surface area (TPSA) is 35.6 Å². The van der Waals surface area contributed by atoms with Crippen molar-refractivity contribution in [3.63, 3.8) is 0 Å². The average Bonchev–Trinajstić information content (AvgIpc) is 2.71. The van der Waals surface area contributed by atoms with Crippen LogP contribution in [0.3, 0.4) is 0 Å². The average molecular weight is 365 g/mol. The molecule has 0 spiro atoms. The van der Waals surface area contributed by atoms with Crippen LogP contribution in [-0.4, -0.2) is 38.1 Å². The molecule has 4 rings (SSSR count). The Morgan fingerprint density at radius 1 is 1.15 bits per heavy atom. The van der Waals surface area contributed by atoms with Crippen LogP contribution in [0, 0.1) is 11.7 Å². The molecule has 140 valence electrons. The zero-order valence-electron chi connectivity index (χ0n) is 15.3. The van der Waals surface area contributed by atoms with E-state index in [1.807, 2.05) is 24.3 Å². The molecule has 2 unspecified atom stereocenters. The first-order valence-electron chi connectivity index (χ1n) is 9.41. The fraction of sp³-hybridized carbons (Fsp3) is 0.318. The first-order valence-corrected chi connectivity index (χ1v) is 9.41. The summed E-state index contributed by atoms with van der Waals surface area (Å²) in [6.07, 6.45) is 2.39. The van der Waals surface area contributed by atoms with Gasteiger partial charge in [0.1, 0.15) is 5.82 Å². The third kappa shape index (κ3) is 3.29. The Morgan fingerprint density at radius 3 is 2.67 bits per heavy atom. The lowest BCUT2D eigenvalue weighted by Crippen LogP contribution is -2.61. The SMILES string of the molecule is C=CCNC(=O)C1Cc2ccccc2N2CCN(c3ccccc3F)CC12. The van der Waals surface area contributed by atoms with Crippen LogP contribution in [0.2, 0.25) is 0 Å². The molecule has 2 aromatic carbocycles. The molecule has 2 aliphatic heterocycles. The lowest BCUT2D eigenvalue weighted by atomic mass is 9.83. The van der Waals surface area contributed by atoms with E-state index >= 15 is 0 Å². The second-order valence-corrected chi connectivity index (χ2v) is 7.13. The van der Waals surface area contributed by atoms with Crippen LogP contribution in [0.15, 0.2) is 61.2 Å². The van der Waals surface area contributed by atoms with Gasteiger partial charge in [-0.15, -0.1) is 6.58 Å². The van der Waals surface area contributed by atoms with Crippen LogP contribution in [0.5, 0.6) is 0 Å². The Kier molecular flexibility index (Phi) is 4.84. The van der Waals surface area contributed by atoms with Crippen molar-refractivity contribution in [3.8, 4) is 0 Å². The highest BCUT2D eigenvalue weighted by Crippen LogP contribution is 2.37. The maximum atomic E-state index is 14.3. The number of benzene rings is 2. The molecule has 5 heteroatoms. The van der Waals surface area contributed by atoms with Crippen LogP contribution in [0.25, 0.3) is 0 Å². The number of hydrogen-bond donors (Lipinski definition) is 1. The van der Waals surface area contributed by atoms with E-state index in [9.17, 15) is 9.18 Å². The summed E-state index contributed by atoms with van der Waals surface area (Å²) in [7, 11) is 0. The van der Waals surface area contributed by atoms with E-state index in [1.165, 1.54) is 17.3 Å². The van der Waals surface area contributed by atoms with Crippen molar-refractivity contribution >= 4 is 17.3 Å². The van der Waals surface area contributed by atoms with Crippen LogP contribution >= 0.6 is 0 Å². The summed E-state index contributed by atoms with van der Waals surface area (Å²) in [5.41, 5.74) is 3.01. The standard InChI is InChI=1S/C22H24FN3O/c1-2-11-24-22(27)17-14-16-7-3-5-9-19(16)26-13-12-25(15-21(17)26)20-10-6-4-8-18(20)23/h2-10,17,21H,1,11-15H2,(H,24,27). The maximum Gasteiger partial charge on any atom is 0.225 e. The Balaban J connectivity index is 1.65.